The number of rotatable bonds is 6. The predicted octanol–water partition coefficient (Wildman–Crippen LogP) is 3.14. The molecule has 1 aromatic rings. The van der Waals surface area contributed by atoms with Crippen molar-refractivity contribution in [3.63, 3.8) is 0 Å². The zero-order valence-corrected chi connectivity index (χ0v) is 18.1. The first-order valence-electron chi connectivity index (χ1n) is 11.8. The first kappa shape index (κ1) is 20.5. The molecule has 4 rings (SSSR count). The standard InChI is InChI=1S/C23H38N6/c1-2-24-23(27-20-11-15-29(18-20)21-8-4-5-9-21)26-17-19-10-12-25-22(16-19)28-13-6-3-7-14-28/h10,12,16,20-21H,2-9,11,13-15,17-18H2,1H3,(H2,24,26,27). The van der Waals surface area contributed by atoms with Gasteiger partial charge in [0.1, 0.15) is 5.82 Å². The van der Waals surface area contributed by atoms with Crippen molar-refractivity contribution in [1.82, 2.24) is 20.5 Å². The Morgan fingerprint density at radius 3 is 2.72 bits per heavy atom. The van der Waals surface area contributed by atoms with E-state index in [-0.39, 0.29) is 0 Å². The molecule has 3 fully saturated rings. The Bertz CT molecular complexity index is 663. The minimum absolute atomic E-state index is 0.509. The van der Waals surface area contributed by atoms with E-state index >= 15 is 0 Å². The predicted molar refractivity (Wildman–Crippen MR) is 120 cm³/mol. The van der Waals surface area contributed by atoms with Crippen molar-refractivity contribution in [1.29, 1.82) is 0 Å². The quantitative estimate of drug-likeness (QED) is 0.569. The van der Waals surface area contributed by atoms with Crippen LogP contribution >= 0.6 is 0 Å². The van der Waals surface area contributed by atoms with Gasteiger partial charge in [0.15, 0.2) is 5.96 Å². The first-order valence-corrected chi connectivity index (χ1v) is 11.8. The van der Waals surface area contributed by atoms with Gasteiger partial charge in [-0.2, -0.15) is 0 Å². The minimum atomic E-state index is 0.509. The molecule has 3 aliphatic rings. The van der Waals surface area contributed by atoms with Gasteiger partial charge >= 0.3 is 0 Å². The molecule has 6 heteroatoms. The third-order valence-electron chi connectivity index (χ3n) is 6.66. The number of nitrogens with one attached hydrogen (secondary N) is 2. The van der Waals surface area contributed by atoms with Crippen LogP contribution in [0.4, 0.5) is 5.82 Å². The van der Waals surface area contributed by atoms with Crippen LogP contribution in [-0.2, 0) is 6.54 Å². The molecular formula is C23H38N6. The molecule has 0 radical (unpaired) electrons. The number of piperidine rings is 1. The van der Waals surface area contributed by atoms with E-state index in [4.69, 9.17) is 4.99 Å². The molecule has 1 aromatic heterocycles. The summed E-state index contributed by atoms with van der Waals surface area (Å²) in [6.07, 6.45) is 12.7. The molecule has 0 spiro atoms. The van der Waals surface area contributed by atoms with Gasteiger partial charge in [-0.15, -0.1) is 0 Å². The summed E-state index contributed by atoms with van der Waals surface area (Å²) < 4.78 is 0. The number of anilines is 1. The highest BCUT2D eigenvalue weighted by Crippen LogP contribution is 2.26. The molecule has 29 heavy (non-hydrogen) atoms. The zero-order valence-electron chi connectivity index (χ0n) is 18.1. The Morgan fingerprint density at radius 1 is 1.10 bits per heavy atom. The summed E-state index contributed by atoms with van der Waals surface area (Å²) in [7, 11) is 0. The van der Waals surface area contributed by atoms with Crippen LogP contribution < -0.4 is 15.5 Å². The molecule has 3 heterocycles. The number of hydrogen-bond acceptors (Lipinski definition) is 4. The van der Waals surface area contributed by atoms with E-state index in [1.807, 2.05) is 6.20 Å². The number of hydrogen-bond donors (Lipinski definition) is 2. The SMILES string of the molecule is CCNC(=NCc1ccnc(N2CCCCC2)c1)NC1CCN(C2CCCC2)C1. The lowest BCUT2D eigenvalue weighted by atomic mass is 10.1. The number of aliphatic imine (C=N–C) groups is 1. The maximum atomic E-state index is 4.89. The van der Waals surface area contributed by atoms with Crippen LogP contribution in [0.25, 0.3) is 0 Å². The third kappa shape index (κ3) is 5.62. The summed E-state index contributed by atoms with van der Waals surface area (Å²) in [5, 5.41) is 7.13. The van der Waals surface area contributed by atoms with E-state index in [0.29, 0.717) is 12.6 Å². The third-order valence-corrected chi connectivity index (χ3v) is 6.66. The smallest absolute Gasteiger partial charge is 0.191 e. The fraction of sp³-hybridized carbons (Fsp3) is 0.739. The van der Waals surface area contributed by atoms with Crippen LogP contribution in [0.3, 0.4) is 0 Å². The van der Waals surface area contributed by atoms with Gasteiger partial charge < -0.3 is 15.5 Å². The maximum Gasteiger partial charge on any atom is 0.191 e. The van der Waals surface area contributed by atoms with Crippen molar-refractivity contribution < 1.29 is 0 Å². The molecule has 2 saturated heterocycles. The number of aromatic nitrogens is 1. The van der Waals surface area contributed by atoms with Gasteiger partial charge in [0, 0.05) is 51.0 Å². The van der Waals surface area contributed by atoms with Gasteiger partial charge in [-0.25, -0.2) is 9.98 Å². The summed E-state index contributed by atoms with van der Waals surface area (Å²) in [4.78, 5) is 14.6. The average Bonchev–Trinajstić information content (AvgIpc) is 3.45. The topological polar surface area (TPSA) is 55.8 Å². The number of nitrogens with zero attached hydrogens (tertiary/aromatic N) is 4. The molecule has 1 atom stereocenters. The highest BCUT2D eigenvalue weighted by atomic mass is 15.3. The van der Waals surface area contributed by atoms with Crippen LogP contribution in [0.15, 0.2) is 23.3 Å². The van der Waals surface area contributed by atoms with Gasteiger partial charge in [0.05, 0.1) is 6.54 Å². The van der Waals surface area contributed by atoms with Crippen molar-refractivity contribution >= 4 is 11.8 Å². The maximum absolute atomic E-state index is 4.89. The molecule has 1 saturated carbocycles. The average molecular weight is 399 g/mol. The second-order valence-corrected chi connectivity index (χ2v) is 8.83. The Balaban J connectivity index is 1.33. The number of pyridine rings is 1. The van der Waals surface area contributed by atoms with E-state index in [1.165, 1.54) is 63.5 Å². The van der Waals surface area contributed by atoms with E-state index in [9.17, 15) is 0 Å². The highest BCUT2D eigenvalue weighted by molar-refractivity contribution is 5.80. The van der Waals surface area contributed by atoms with Gasteiger partial charge in [0.25, 0.3) is 0 Å². The van der Waals surface area contributed by atoms with Crippen molar-refractivity contribution in [2.24, 2.45) is 4.99 Å². The Labute approximate surface area is 176 Å². The van der Waals surface area contributed by atoms with Gasteiger partial charge in [-0.1, -0.05) is 12.8 Å². The van der Waals surface area contributed by atoms with Crippen molar-refractivity contribution in [2.45, 2.75) is 76.9 Å². The summed E-state index contributed by atoms with van der Waals surface area (Å²) in [5.41, 5.74) is 1.23. The molecule has 1 aliphatic carbocycles. The monoisotopic (exact) mass is 398 g/mol. The number of guanidine groups is 1. The molecule has 160 valence electrons. The van der Waals surface area contributed by atoms with E-state index in [2.05, 4.69) is 44.5 Å². The highest BCUT2D eigenvalue weighted by Gasteiger charge is 2.30. The van der Waals surface area contributed by atoms with Crippen LogP contribution in [0, 0.1) is 0 Å². The molecule has 0 amide bonds. The molecule has 1 unspecified atom stereocenters. The van der Waals surface area contributed by atoms with E-state index in [1.54, 1.807) is 0 Å². The van der Waals surface area contributed by atoms with Crippen LogP contribution in [-0.4, -0.2) is 60.7 Å². The first-order chi connectivity index (χ1) is 14.3. The summed E-state index contributed by atoms with van der Waals surface area (Å²) in [6.45, 7) is 8.36. The van der Waals surface area contributed by atoms with E-state index < -0.39 is 0 Å². The lowest BCUT2D eigenvalue weighted by Crippen LogP contribution is -2.45. The van der Waals surface area contributed by atoms with Crippen LogP contribution in [0.5, 0.6) is 0 Å². The lowest BCUT2D eigenvalue weighted by Gasteiger charge is -2.27. The van der Waals surface area contributed by atoms with Gasteiger partial charge in [-0.3, -0.25) is 4.90 Å². The molecule has 2 N–H and O–H groups in total. The van der Waals surface area contributed by atoms with Crippen molar-refractivity contribution in [2.75, 3.05) is 37.6 Å². The normalized spacial score (nSPS) is 24.2. The number of likely N-dealkylation sites (tertiary alicyclic amines) is 1. The second-order valence-electron chi connectivity index (χ2n) is 8.83. The van der Waals surface area contributed by atoms with Crippen LogP contribution in [0.1, 0.15) is 63.9 Å². The summed E-state index contributed by atoms with van der Waals surface area (Å²) >= 11 is 0. The Kier molecular flexibility index (Phi) is 7.25. The molecule has 0 aromatic carbocycles. The molecule has 2 aliphatic heterocycles. The molecule has 6 nitrogen and oxygen atoms in total. The molecular weight excluding hydrogens is 360 g/mol. The molecule has 0 bridgehead atoms. The summed E-state index contributed by atoms with van der Waals surface area (Å²) in [5.74, 6) is 2.06. The Morgan fingerprint density at radius 2 is 1.93 bits per heavy atom. The fourth-order valence-corrected chi connectivity index (χ4v) is 5.04. The van der Waals surface area contributed by atoms with Crippen LogP contribution in [0.2, 0.25) is 0 Å². The largest absolute Gasteiger partial charge is 0.357 e. The minimum Gasteiger partial charge on any atom is -0.357 e. The van der Waals surface area contributed by atoms with Crippen molar-refractivity contribution in [3.8, 4) is 0 Å². The lowest BCUT2D eigenvalue weighted by molar-refractivity contribution is 0.242. The van der Waals surface area contributed by atoms with Gasteiger partial charge in [0.2, 0.25) is 0 Å². The van der Waals surface area contributed by atoms with E-state index in [0.717, 1.165) is 44.0 Å². The van der Waals surface area contributed by atoms with Crippen molar-refractivity contribution in [3.05, 3.63) is 23.9 Å². The second kappa shape index (κ2) is 10.3. The Hall–Kier alpha value is -1.82. The fourth-order valence-electron chi connectivity index (χ4n) is 5.04. The van der Waals surface area contributed by atoms with Gasteiger partial charge in [-0.05, 0) is 63.1 Å². The zero-order chi connectivity index (χ0) is 19.9. The summed E-state index contributed by atoms with van der Waals surface area (Å²) in [6, 6.07) is 5.65.